The number of aromatic nitrogens is 1. The van der Waals surface area contributed by atoms with E-state index in [1.165, 1.54) is 0 Å². The van der Waals surface area contributed by atoms with Crippen LogP contribution in [-0.4, -0.2) is 42.5 Å². The Kier molecular flexibility index (Phi) is 6.56. The van der Waals surface area contributed by atoms with E-state index in [9.17, 15) is 4.79 Å². The molecule has 136 valence electrons. The lowest BCUT2D eigenvalue weighted by atomic mass is 9.93. The molecule has 0 aliphatic carbocycles. The second-order valence-electron chi connectivity index (χ2n) is 6.90. The van der Waals surface area contributed by atoms with E-state index in [-0.39, 0.29) is 11.3 Å². The minimum Gasteiger partial charge on any atom is -0.494 e. The summed E-state index contributed by atoms with van der Waals surface area (Å²) in [5.74, 6) is 0.910. The number of hydrogen-bond donors (Lipinski definition) is 1. The Bertz CT molecular complexity index is 695. The molecule has 0 saturated carbocycles. The summed E-state index contributed by atoms with van der Waals surface area (Å²) < 4.78 is 5.45. The molecule has 0 bridgehead atoms. The van der Waals surface area contributed by atoms with Crippen molar-refractivity contribution in [2.75, 3.05) is 26.7 Å². The van der Waals surface area contributed by atoms with Crippen molar-refractivity contribution in [3.63, 3.8) is 0 Å². The van der Waals surface area contributed by atoms with E-state index >= 15 is 0 Å². The third kappa shape index (κ3) is 5.54. The number of benzene rings is 1. The van der Waals surface area contributed by atoms with Crippen LogP contribution in [0.3, 0.4) is 0 Å². The fourth-order valence-electron chi connectivity index (χ4n) is 2.47. The molecule has 2 N–H and O–H groups in total. The van der Waals surface area contributed by atoms with E-state index in [0.717, 1.165) is 22.0 Å². The van der Waals surface area contributed by atoms with Gasteiger partial charge in [0.05, 0.1) is 18.7 Å². The van der Waals surface area contributed by atoms with Crippen LogP contribution in [-0.2, 0) is 11.2 Å². The Morgan fingerprint density at radius 3 is 2.60 bits per heavy atom. The molecule has 0 atom stereocenters. The third-order valence-corrected chi connectivity index (χ3v) is 4.88. The summed E-state index contributed by atoms with van der Waals surface area (Å²) in [4.78, 5) is 18.7. The van der Waals surface area contributed by atoms with Gasteiger partial charge in [-0.2, -0.15) is 0 Å². The molecule has 1 aromatic heterocycles. The van der Waals surface area contributed by atoms with Crippen LogP contribution in [0.1, 0.15) is 26.5 Å². The Balaban J connectivity index is 2.00. The molecule has 2 rings (SSSR count). The van der Waals surface area contributed by atoms with Crippen molar-refractivity contribution in [1.82, 2.24) is 9.88 Å². The molecule has 0 radical (unpaired) electrons. The highest BCUT2D eigenvalue weighted by molar-refractivity contribution is 7.13. The molecule has 0 aliphatic heterocycles. The van der Waals surface area contributed by atoms with Crippen LogP contribution in [0, 0.1) is 5.41 Å². The molecule has 1 aromatic carbocycles. The Labute approximate surface area is 153 Å². The molecule has 0 unspecified atom stereocenters. The van der Waals surface area contributed by atoms with Crippen LogP contribution in [0.5, 0.6) is 5.75 Å². The number of thiazole rings is 1. The topological polar surface area (TPSA) is 68.5 Å². The quantitative estimate of drug-likeness (QED) is 0.784. The number of rotatable bonds is 8. The van der Waals surface area contributed by atoms with Gasteiger partial charge < -0.3 is 15.4 Å². The first-order valence-electron chi connectivity index (χ1n) is 8.46. The third-order valence-electron chi connectivity index (χ3n) is 3.94. The fraction of sp³-hybridized carbons (Fsp3) is 0.474. The lowest BCUT2D eigenvalue weighted by Gasteiger charge is -2.28. The second kappa shape index (κ2) is 8.45. The van der Waals surface area contributed by atoms with E-state index in [1.54, 1.807) is 16.2 Å². The SMILES string of the molecule is CCOc1ccc(-c2nc(CC(=O)N(C)CC(C)(C)CN)cs2)cc1. The standard InChI is InChI=1S/C19H27N3O2S/c1-5-24-16-8-6-14(7-9-16)18-21-15(11-25-18)10-17(23)22(4)13-19(2,3)12-20/h6-9,11H,5,10,12-13,20H2,1-4H3. The van der Waals surface area contributed by atoms with Gasteiger partial charge in [-0.1, -0.05) is 13.8 Å². The van der Waals surface area contributed by atoms with E-state index < -0.39 is 0 Å². The van der Waals surface area contributed by atoms with Crippen molar-refractivity contribution in [2.45, 2.75) is 27.2 Å². The molecule has 0 fully saturated rings. The predicted molar refractivity (Wildman–Crippen MR) is 103 cm³/mol. The molecule has 5 nitrogen and oxygen atoms in total. The van der Waals surface area contributed by atoms with Gasteiger partial charge in [-0.3, -0.25) is 4.79 Å². The summed E-state index contributed by atoms with van der Waals surface area (Å²) in [6.45, 7) is 7.91. The average molecular weight is 362 g/mol. The monoisotopic (exact) mass is 361 g/mol. The smallest absolute Gasteiger partial charge is 0.228 e. The minimum absolute atomic E-state index is 0.0602. The number of hydrogen-bond acceptors (Lipinski definition) is 5. The molecule has 2 aromatic rings. The van der Waals surface area contributed by atoms with Crippen molar-refractivity contribution in [1.29, 1.82) is 0 Å². The zero-order valence-corrected chi connectivity index (χ0v) is 16.2. The summed E-state index contributed by atoms with van der Waals surface area (Å²) in [5.41, 5.74) is 7.50. The Morgan fingerprint density at radius 1 is 1.32 bits per heavy atom. The number of amides is 1. The van der Waals surface area contributed by atoms with Gasteiger partial charge in [-0.05, 0) is 43.1 Å². The number of nitrogens with two attached hydrogens (primary N) is 1. The van der Waals surface area contributed by atoms with E-state index in [2.05, 4.69) is 18.8 Å². The summed E-state index contributed by atoms with van der Waals surface area (Å²) in [6, 6.07) is 7.86. The minimum atomic E-state index is -0.0834. The first-order valence-corrected chi connectivity index (χ1v) is 9.34. The molecule has 1 heterocycles. The maximum Gasteiger partial charge on any atom is 0.228 e. The van der Waals surface area contributed by atoms with Crippen molar-refractivity contribution in [3.05, 3.63) is 35.3 Å². The van der Waals surface area contributed by atoms with Crippen LogP contribution in [0.4, 0.5) is 0 Å². The summed E-state index contributed by atoms with van der Waals surface area (Å²) >= 11 is 1.55. The van der Waals surface area contributed by atoms with Crippen LogP contribution < -0.4 is 10.5 Å². The van der Waals surface area contributed by atoms with Gasteiger partial charge >= 0.3 is 0 Å². The number of ether oxygens (including phenoxy) is 1. The fourth-order valence-corrected chi connectivity index (χ4v) is 3.29. The van der Waals surface area contributed by atoms with Gasteiger partial charge in [0.2, 0.25) is 5.91 Å². The average Bonchev–Trinajstić information content (AvgIpc) is 3.04. The number of carbonyl (C=O) groups is 1. The number of nitrogens with zero attached hydrogens (tertiary/aromatic N) is 2. The lowest BCUT2D eigenvalue weighted by molar-refractivity contribution is -0.130. The highest BCUT2D eigenvalue weighted by Gasteiger charge is 2.21. The van der Waals surface area contributed by atoms with Crippen molar-refractivity contribution < 1.29 is 9.53 Å². The molecule has 25 heavy (non-hydrogen) atoms. The number of carbonyl (C=O) groups excluding carboxylic acids is 1. The van der Waals surface area contributed by atoms with Gasteiger partial charge in [0, 0.05) is 24.5 Å². The van der Waals surface area contributed by atoms with Crippen LogP contribution in [0.25, 0.3) is 10.6 Å². The van der Waals surface area contributed by atoms with E-state index in [1.807, 2.05) is 43.6 Å². The normalized spacial score (nSPS) is 11.4. The van der Waals surface area contributed by atoms with Crippen molar-refractivity contribution >= 4 is 17.2 Å². The first-order chi connectivity index (χ1) is 11.8. The Hall–Kier alpha value is -1.92. The maximum atomic E-state index is 12.4. The van der Waals surface area contributed by atoms with Gasteiger partial charge in [0.1, 0.15) is 10.8 Å². The lowest BCUT2D eigenvalue weighted by Crippen LogP contribution is -2.40. The van der Waals surface area contributed by atoms with Crippen LogP contribution >= 0.6 is 11.3 Å². The second-order valence-corrected chi connectivity index (χ2v) is 7.75. The highest BCUT2D eigenvalue weighted by atomic mass is 32.1. The van der Waals surface area contributed by atoms with E-state index in [4.69, 9.17) is 10.5 Å². The highest BCUT2D eigenvalue weighted by Crippen LogP contribution is 2.26. The van der Waals surface area contributed by atoms with Crippen LogP contribution in [0.2, 0.25) is 0 Å². The zero-order chi connectivity index (χ0) is 18.4. The molecule has 0 saturated heterocycles. The molecule has 6 heteroatoms. The summed E-state index contributed by atoms with van der Waals surface area (Å²) in [6.07, 6.45) is 0.310. The number of likely N-dealkylation sites (N-methyl/N-ethyl adjacent to an activating group) is 1. The summed E-state index contributed by atoms with van der Waals surface area (Å²) in [7, 11) is 1.82. The molecule has 0 aliphatic rings. The van der Waals surface area contributed by atoms with Crippen LogP contribution in [0.15, 0.2) is 29.6 Å². The maximum absolute atomic E-state index is 12.4. The largest absolute Gasteiger partial charge is 0.494 e. The van der Waals surface area contributed by atoms with Gasteiger partial charge in [0.15, 0.2) is 0 Å². The molecule has 0 spiro atoms. The van der Waals surface area contributed by atoms with Gasteiger partial charge in [-0.15, -0.1) is 11.3 Å². The molecule has 1 amide bonds. The first kappa shape index (κ1) is 19.4. The predicted octanol–water partition coefficient (Wildman–Crippen LogP) is 3.19. The van der Waals surface area contributed by atoms with Gasteiger partial charge in [-0.25, -0.2) is 4.98 Å². The summed E-state index contributed by atoms with van der Waals surface area (Å²) in [5, 5.41) is 2.86. The van der Waals surface area contributed by atoms with Gasteiger partial charge in [0.25, 0.3) is 0 Å². The van der Waals surface area contributed by atoms with Crippen molar-refractivity contribution in [2.24, 2.45) is 11.1 Å². The molecular formula is C19H27N3O2S. The Morgan fingerprint density at radius 2 is 2.00 bits per heavy atom. The molecular weight excluding hydrogens is 334 g/mol. The van der Waals surface area contributed by atoms with Crippen molar-refractivity contribution in [3.8, 4) is 16.3 Å². The van der Waals surface area contributed by atoms with E-state index in [0.29, 0.717) is 26.1 Å². The zero-order valence-electron chi connectivity index (χ0n) is 15.4.